The van der Waals surface area contributed by atoms with E-state index in [2.05, 4.69) is 19.2 Å². The fourth-order valence-electron chi connectivity index (χ4n) is 2.25. The van der Waals surface area contributed by atoms with Crippen LogP contribution in [0.25, 0.3) is 0 Å². The van der Waals surface area contributed by atoms with Gasteiger partial charge in [-0.05, 0) is 37.5 Å². The Bertz CT molecular complexity index is 185. The van der Waals surface area contributed by atoms with Crippen LogP contribution in [0.4, 0.5) is 0 Å². The van der Waals surface area contributed by atoms with Crippen molar-refractivity contribution in [2.24, 2.45) is 5.41 Å². The molecule has 13 heavy (non-hydrogen) atoms. The summed E-state index contributed by atoms with van der Waals surface area (Å²) in [6.07, 6.45) is 5.69. The van der Waals surface area contributed by atoms with Crippen molar-refractivity contribution in [1.29, 1.82) is 0 Å². The first-order valence-electron chi connectivity index (χ1n) is 5.52. The topological polar surface area (TPSA) is 32.3 Å². The van der Waals surface area contributed by atoms with Crippen LogP contribution in [0.2, 0.25) is 0 Å². The Labute approximate surface area is 80.7 Å². The average molecular weight is 183 g/mol. The lowest BCUT2D eigenvalue weighted by Crippen LogP contribution is -2.48. The molecule has 76 valence electrons. The third-order valence-electron chi connectivity index (χ3n) is 3.59. The first-order chi connectivity index (χ1) is 6.08. The zero-order valence-corrected chi connectivity index (χ0v) is 8.71. The zero-order valence-electron chi connectivity index (χ0n) is 8.71. The van der Waals surface area contributed by atoms with Crippen LogP contribution in [0.3, 0.4) is 0 Å². The molecule has 2 nitrogen and oxygen atoms in total. The Morgan fingerprint density at radius 1 is 1.23 bits per heavy atom. The number of aliphatic hydroxyl groups excluding tert-OH is 1. The molecule has 2 atom stereocenters. The van der Waals surface area contributed by atoms with Crippen molar-refractivity contribution in [3.05, 3.63) is 0 Å². The minimum absolute atomic E-state index is 0.0655. The van der Waals surface area contributed by atoms with Crippen LogP contribution in [-0.4, -0.2) is 23.3 Å². The molecule has 0 bridgehead atoms. The van der Waals surface area contributed by atoms with Gasteiger partial charge in [-0.15, -0.1) is 0 Å². The lowest BCUT2D eigenvalue weighted by Gasteiger charge is -2.41. The van der Waals surface area contributed by atoms with E-state index in [1.807, 2.05) is 0 Å². The standard InChI is InChI=1S/C11H21NO/c1-11(2)6-5-9(13)7-10(11)12-8-3-4-8/h8-10,12-13H,3-7H2,1-2H3. The zero-order chi connectivity index (χ0) is 9.47. The number of rotatable bonds is 2. The minimum Gasteiger partial charge on any atom is -0.393 e. The van der Waals surface area contributed by atoms with Crippen LogP contribution >= 0.6 is 0 Å². The largest absolute Gasteiger partial charge is 0.393 e. The van der Waals surface area contributed by atoms with Gasteiger partial charge in [-0.1, -0.05) is 13.8 Å². The predicted octanol–water partition coefficient (Wildman–Crippen LogP) is 1.68. The van der Waals surface area contributed by atoms with Crippen molar-refractivity contribution in [1.82, 2.24) is 5.32 Å². The lowest BCUT2D eigenvalue weighted by molar-refractivity contribution is 0.0480. The molecule has 0 radical (unpaired) electrons. The van der Waals surface area contributed by atoms with E-state index in [4.69, 9.17) is 0 Å². The Kier molecular flexibility index (Phi) is 2.37. The van der Waals surface area contributed by atoms with Gasteiger partial charge in [0.1, 0.15) is 0 Å². The molecule has 0 heterocycles. The fourth-order valence-corrected chi connectivity index (χ4v) is 2.25. The van der Waals surface area contributed by atoms with Crippen molar-refractivity contribution in [3.63, 3.8) is 0 Å². The van der Waals surface area contributed by atoms with Crippen molar-refractivity contribution >= 4 is 0 Å². The molecule has 2 aliphatic carbocycles. The summed E-state index contributed by atoms with van der Waals surface area (Å²) in [5.74, 6) is 0. The Hall–Kier alpha value is -0.0800. The summed E-state index contributed by atoms with van der Waals surface area (Å²) in [7, 11) is 0. The molecule has 2 fully saturated rings. The monoisotopic (exact) mass is 183 g/mol. The molecular formula is C11H21NO. The summed E-state index contributed by atoms with van der Waals surface area (Å²) in [6, 6.07) is 1.29. The van der Waals surface area contributed by atoms with Crippen molar-refractivity contribution in [2.45, 2.75) is 64.1 Å². The molecule has 2 aliphatic rings. The number of nitrogens with one attached hydrogen (secondary N) is 1. The second kappa shape index (κ2) is 3.25. The first kappa shape index (κ1) is 9.47. The molecule has 0 amide bonds. The fraction of sp³-hybridized carbons (Fsp3) is 1.00. The molecule has 0 aromatic rings. The highest BCUT2D eigenvalue weighted by Crippen LogP contribution is 2.37. The van der Waals surface area contributed by atoms with E-state index in [-0.39, 0.29) is 6.10 Å². The predicted molar refractivity (Wildman–Crippen MR) is 53.6 cm³/mol. The third kappa shape index (κ3) is 2.23. The van der Waals surface area contributed by atoms with Crippen LogP contribution in [0.1, 0.15) is 46.0 Å². The van der Waals surface area contributed by atoms with Crippen molar-refractivity contribution in [3.8, 4) is 0 Å². The summed E-state index contributed by atoms with van der Waals surface area (Å²) in [5, 5.41) is 13.3. The molecule has 2 unspecified atom stereocenters. The van der Waals surface area contributed by atoms with Crippen molar-refractivity contribution in [2.75, 3.05) is 0 Å². The summed E-state index contributed by atoms with van der Waals surface area (Å²) in [6.45, 7) is 4.64. The Balaban J connectivity index is 1.94. The summed E-state index contributed by atoms with van der Waals surface area (Å²) < 4.78 is 0. The molecule has 0 aliphatic heterocycles. The third-order valence-corrected chi connectivity index (χ3v) is 3.59. The van der Waals surface area contributed by atoms with E-state index in [1.54, 1.807) is 0 Å². The van der Waals surface area contributed by atoms with Gasteiger partial charge >= 0.3 is 0 Å². The molecule has 0 saturated heterocycles. The van der Waals surface area contributed by atoms with Gasteiger partial charge in [0.2, 0.25) is 0 Å². The highest BCUT2D eigenvalue weighted by molar-refractivity contribution is 4.95. The molecular weight excluding hydrogens is 162 g/mol. The summed E-state index contributed by atoms with van der Waals surface area (Å²) in [4.78, 5) is 0. The molecule has 2 rings (SSSR count). The van der Waals surface area contributed by atoms with Crippen LogP contribution in [0, 0.1) is 5.41 Å². The van der Waals surface area contributed by atoms with Gasteiger partial charge in [-0.2, -0.15) is 0 Å². The minimum atomic E-state index is -0.0655. The van der Waals surface area contributed by atoms with E-state index in [9.17, 15) is 5.11 Å². The van der Waals surface area contributed by atoms with E-state index < -0.39 is 0 Å². The van der Waals surface area contributed by atoms with Gasteiger partial charge in [0.05, 0.1) is 6.10 Å². The SMILES string of the molecule is CC1(C)CCC(O)CC1NC1CC1. The second-order valence-electron chi connectivity index (χ2n) is 5.41. The lowest BCUT2D eigenvalue weighted by atomic mass is 9.72. The van der Waals surface area contributed by atoms with E-state index in [0.29, 0.717) is 11.5 Å². The van der Waals surface area contributed by atoms with Gasteiger partial charge in [0.15, 0.2) is 0 Å². The maximum Gasteiger partial charge on any atom is 0.0555 e. The molecule has 0 spiro atoms. The van der Waals surface area contributed by atoms with Gasteiger partial charge in [-0.3, -0.25) is 0 Å². The van der Waals surface area contributed by atoms with E-state index >= 15 is 0 Å². The van der Waals surface area contributed by atoms with Crippen molar-refractivity contribution < 1.29 is 5.11 Å². The maximum atomic E-state index is 9.61. The quantitative estimate of drug-likeness (QED) is 0.682. The van der Waals surface area contributed by atoms with Gasteiger partial charge in [-0.25, -0.2) is 0 Å². The number of aliphatic hydroxyl groups is 1. The number of hydrogen-bond donors (Lipinski definition) is 2. The Morgan fingerprint density at radius 3 is 2.54 bits per heavy atom. The van der Waals surface area contributed by atoms with Crippen LogP contribution in [0.5, 0.6) is 0 Å². The molecule has 0 aromatic heterocycles. The normalized spacial score (nSPS) is 39.0. The first-order valence-corrected chi connectivity index (χ1v) is 5.52. The molecule has 2 saturated carbocycles. The Morgan fingerprint density at radius 2 is 1.92 bits per heavy atom. The summed E-state index contributed by atoms with van der Waals surface area (Å²) in [5.41, 5.74) is 0.377. The van der Waals surface area contributed by atoms with Gasteiger partial charge < -0.3 is 10.4 Å². The van der Waals surface area contributed by atoms with E-state index in [1.165, 1.54) is 12.8 Å². The maximum absolute atomic E-state index is 9.61. The van der Waals surface area contributed by atoms with Crippen LogP contribution < -0.4 is 5.32 Å². The van der Waals surface area contributed by atoms with Crippen LogP contribution in [-0.2, 0) is 0 Å². The van der Waals surface area contributed by atoms with Gasteiger partial charge in [0.25, 0.3) is 0 Å². The van der Waals surface area contributed by atoms with Gasteiger partial charge in [0, 0.05) is 12.1 Å². The van der Waals surface area contributed by atoms with Crippen LogP contribution in [0.15, 0.2) is 0 Å². The average Bonchev–Trinajstić information content (AvgIpc) is 2.81. The smallest absolute Gasteiger partial charge is 0.0555 e. The number of hydrogen-bond acceptors (Lipinski definition) is 2. The van der Waals surface area contributed by atoms with E-state index in [0.717, 1.165) is 25.3 Å². The molecule has 2 heteroatoms. The molecule has 0 aromatic carbocycles. The summed E-state index contributed by atoms with van der Waals surface area (Å²) >= 11 is 0. The molecule has 2 N–H and O–H groups in total. The highest BCUT2D eigenvalue weighted by atomic mass is 16.3. The highest BCUT2D eigenvalue weighted by Gasteiger charge is 2.38. The second-order valence-corrected chi connectivity index (χ2v) is 5.41.